The zero-order valence-corrected chi connectivity index (χ0v) is 19.2. The third-order valence-corrected chi connectivity index (χ3v) is 6.21. The van der Waals surface area contributed by atoms with E-state index in [-0.39, 0.29) is 23.6 Å². The van der Waals surface area contributed by atoms with Crippen LogP contribution in [-0.2, 0) is 0 Å². The highest BCUT2D eigenvalue weighted by atomic mass is 35.5. The first kappa shape index (κ1) is 22.9. The molecule has 33 heavy (non-hydrogen) atoms. The van der Waals surface area contributed by atoms with Crippen molar-refractivity contribution in [3.8, 4) is 17.0 Å². The number of nitrogens with one attached hydrogen (secondary N) is 2. The molecule has 2 amide bonds. The van der Waals surface area contributed by atoms with Crippen LogP contribution in [0.25, 0.3) is 11.3 Å². The van der Waals surface area contributed by atoms with E-state index < -0.39 is 0 Å². The minimum absolute atomic E-state index is 0.0384. The number of benzene rings is 2. The summed E-state index contributed by atoms with van der Waals surface area (Å²) in [7, 11) is 0. The number of halogens is 1. The maximum atomic E-state index is 12.7. The highest BCUT2D eigenvalue weighted by Gasteiger charge is 2.26. The van der Waals surface area contributed by atoms with Crippen molar-refractivity contribution < 1.29 is 14.7 Å². The van der Waals surface area contributed by atoms with E-state index >= 15 is 0 Å². The Kier molecular flexibility index (Phi) is 6.99. The molecule has 1 heterocycles. The Balaban J connectivity index is 1.60. The van der Waals surface area contributed by atoms with Gasteiger partial charge < -0.3 is 15.7 Å². The quantitative estimate of drug-likeness (QED) is 0.428. The molecule has 2 aromatic carbocycles. The van der Waals surface area contributed by atoms with Crippen molar-refractivity contribution in [2.24, 2.45) is 0 Å². The summed E-state index contributed by atoms with van der Waals surface area (Å²) in [6.45, 7) is 2.57. The van der Waals surface area contributed by atoms with Gasteiger partial charge in [0.15, 0.2) is 0 Å². The Morgan fingerprint density at radius 1 is 1.15 bits per heavy atom. The second-order valence-corrected chi connectivity index (χ2v) is 8.65. The van der Waals surface area contributed by atoms with Crippen LogP contribution in [0.2, 0.25) is 5.02 Å². The van der Waals surface area contributed by atoms with Crippen LogP contribution in [0.15, 0.2) is 48.5 Å². The van der Waals surface area contributed by atoms with Gasteiger partial charge in [-0.2, -0.15) is 9.78 Å². The first-order chi connectivity index (χ1) is 16.0. The first-order valence-electron chi connectivity index (χ1n) is 11.3. The summed E-state index contributed by atoms with van der Waals surface area (Å²) in [4.78, 5) is 25.2. The van der Waals surface area contributed by atoms with Gasteiger partial charge in [-0.15, -0.1) is 0 Å². The predicted molar refractivity (Wildman–Crippen MR) is 129 cm³/mol. The van der Waals surface area contributed by atoms with E-state index in [1.54, 1.807) is 36.4 Å². The average Bonchev–Trinajstić information content (AvgIpc) is 3.48. The van der Waals surface area contributed by atoms with Crippen LogP contribution in [-0.4, -0.2) is 33.4 Å². The van der Waals surface area contributed by atoms with Crippen molar-refractivity contribution in [3.63, 3.8) is 0 Å². The van der Waals surface area contributed by atoms with E-state index in [0.717, 1.165) is 37.8 Å². The molecule has 0 spiro atoms. The largest absolute Gasteiger partial charge is 0.507 e. The highest BCUT2D eigenvalue weighted by molar-refractivity contribution is 6.34. The lowest BCUT2D eigenvalue weighted by Gasteiger charge is -2.11. The summed E-state index contributed by atoms with van der Waals surface area (Å²) in [6, 6.07) is 13.2. The minimum Gasteiger partial charge on any atom is -0.507 e. The third-order valence-electron chi connectivity index (χ3n) is 5.88. The lowest BCUT2D eigenvalue weighted by atomic mass is 10.0. The van der Waals surface area contributed by atoms with Gasteiger partial charge in [-0.05, 0) is 49.6 Å². The smallest absolute Gasteiger partial charge is 0.342 e. The van der Waals surface area contributed by atoms with Crippen molar-refractivity contribution in [1.82, 2.24) is 15.1 Å². The van der Waals surface area contributed by atoms with Crippen molar-refractivity contribution in [2.45, 2.75) is 44.9 Å². The van der Waals surface area contributed by atoms with E-state index in [1.807, 2.05) is 13.0 Å². The summed E-state index contributed by atoms with van der Waals surface area (Å²) in [5, 5.41) is 21.2. The molecule has 0 bridgehead atoms. The Morgan fingerprint density at radius 3 is 2.61 bits per heavy atom. The summed E-state index contributed by atoms with van der Waals surface area (Å²) in [5.74, 6) is -0.133. The molecule has 1 fully saturated rings. The fourth-order valence-electron chi connectivity index (χ4n) is 4.18. The van der Waals surface area contributed by atoms with Crippen molar-refractivity contribution >= 4 is 29.2 Å². The second-order valence-electron chi connectivity index (χ2n) is 8.25. The zero-order valence-electron chi connectivity index (χ0n) is 18.5. The van der Waals surface area contributed by atoms with Gasteiger partial charge in [-0.1, -0.05) is 43.5 Å². The number of anilines is 1. The monoisotopic (exact) mass is 466 g/mol. The number of phenolic OH excluding ortho intramolecular Hbond substituents is 1. The summed E-state index contributed by atoms with van der Waals surface area (Å²) < 4.78 is 1.44. The van der Waals surface area contributed by atoms with Crippen molar-refractivity contribution in [1.29, 1.82) is 0 Å². The lowest BCUT2D eigenvalue weighted by Crippen LogP contribution is -2.31. The van der Waals surface area contributed by atoms with Gasteiger partial charge in [-0.25, -0.2) is 4.79 Å². The second kappa shape index (κ2) is 10.1. The molecule has 172 valence electrons. The molecule has 1 aliphatic rings. The van der Waals surface area contributed by atoms with Crippen LogP contribution >= 0.6 is 11.6 Å². The van der Waals surface area contributed by atoms with Crippen LogP contribution in [0.5, 0.6) is 5.75 Å². The Hall–Kier alpha value is -3.32. The van der Waals surface area contributed by atoms with Crippen LogP contribution in [0, 0.1) is 0 Å². The van der Waals surface area contributed by atoms with Crippen LogP contribution in [0.3, 0.4) is 0 Å². The average molecular weight is 467 g/mol. The van der Waals surface area contributed by atoms with E-state index in [4.69, 9.17) is 11.6 Å². The molecule has 4 rings (SSSR count). The number of nitrogens with zero attached hydrogens (tertiary/aromatic N) is 2. The van der Waals surface area contributed by atoms with Crippen LogP contribution < -0.4 is 10.6 Å². The molecular weight excluding hydrogens is 440 g/mol. The molecule has 0 unspecified atom stereocenters. The van der Waals surface area contributed by atoms with Gasteiger partial charge in [0.05, 0.1) is 22.0 Å². The van der Waals surface area contributed by atoms with E-state index in [9.17, 15) is 14.7 Å². The molecule has 8 heteroatoms. The molecule has 1 saturated carbocycles. The Labute approximate surface area is 197 Å². The normalized spacial score (nSPS) is 13.8. The SMILES string of the molecule is CCCNC(=O)n1nc(-c2ccc(NC(=O)c3ccccc3Cl)cc2O)cc1C1CCCC1. The number of hydrogen-bond donors (Lipinski definition) is 3. The first-order valence-corrected chi connectivity index (χ1v) is 11.6. The zero-order chi connectivity index (χ0) is 23.4. The summed E-state index contributed by atoms with van der Waals surface area (Å²) in [5.41, 5.74) is 2.65. The summed E-state index contributed by atoms with van der Waals surface area (Å²) in [6.07, 6.45) is 5.14. The van der Waals surface area contributed by atoms with Gasteiger partial charge in [0.1, 0.15) is 5.75 Å². The van der Waals surface area contributed by atoms with Gasteiger partial charge in [-0.3, -0.25) is 4.79 Å². The topological polar surface area (TPSA) is 96.3 Å². The number of phenols is 1. The molecule has 0 atom stereocenters. The lowest BCUT2D eigenvalue weighted by molar-refractivity contribution is 0.102. The van der Waals surface area contributed by atoms with E-state index in [2.05, 4.69) is 15.7 Å². The number of hydrogen-bond acceptors (Lipinski definition) is 4. The number of carbonyl (C=O) groups excluding carboxylic acids is 2. The molecule has 0 saturated heterocycles. The number of aromatic nitrogens is 2. The minimum atomic E-state index is -0.367. The molecule has 1 aliphatic carbocycles. The van der Waals surface area contributed by atoms with Gasteiger partial charge in [0.25, 0.3) is 5.91 Å². The van der Waals surface area contributed by atoms with Gasteiger partial charge in [0, 0.05) is 29.8 Å². The molecule has 1 aromatic heterocycles. The molecular formula is C25H27ClN4O3. The number of carbonyl (C=O) groups is 2. The van der Waals surface area contributed by atoms with Crippen LogP contribution in [0.4, 0.5) is 10.5 Å². The number of amides is 2. The molecule has 7 nitrogen and oxygen atoms in total. The van der Waals surface area contributed by atoms with E-state index in [0.29, 0.717) is 34.1 Å². The number of aromatic hydroxyl groups is 1. The molecule has 3 N–H and O–H groups in total. The van der Waals surface area contributed by atoms with Gasteiger partial charge in [0.2, 0.25) is 0 Å². The fourth-order valence-corrected chi connectivity index (χ4v) is 4.40. The molecule has 0 aliphatic heterocycles. The summed E-state index contributed by atoms with van der Waals surface area (Å²) >= 11 is 6.10. The van der Waals surface area contributed by atoms with Crippen LogP contribution in [0.1, 0.15) is 61.0 Å². The fraction of sp³-hybridized carbons (Fsp3) is 0.320. The molecule has 0 radical (unpaired) electrons. The maximum absolute atomic E-state index is 12.7. The predicted octanol–water partition coefficient (Wildman–Crippen LogP) is 5.79. The van der Waals surface area contributed by atoms with Gasteiger partial charge >= 0.3 is 6.03 Å². The van der Waals surface area contributed by atoms with E-state index in [1.165, 1.54) is 10.7 Å². The standard InChI is InChI=1S/C25H27ClN4O3/c1-2-13-27-25(33)30-22(16-7-3-4-8-16)15-21(29-30)19-12-11-17(14-23(19)31)28-24(32)18-9-5-6-10-20(18)26/h5-6,9-12,14-16,31H,2-4,7-8,13H2,1H3,(H,27,33)(H,28,32). The molecule has 3 aromatic rings. The Bertz CT molecular complexity index is 1170. The third kappa shape index (κ3) is 5.03. The number of rotatable bonds is 6. The van der Waals surface area contributed by atoms with Crippen molar-refractivity contribution in [3.05, 3.63) is 64.8 Å². The highest BCUT2D eigenvalue weighted by Crippen LogP contribution is 2.38. The van der Waals surface area contributed by atoms with Crippen molar-refractivity contribution in [2.75, 3.05) is 11.9 Å². The maximum Gasteiger partial charge on any atom is 0.342 e. The Morgan fingerprint density at radius 2 is 1.91 bits per heavy atom.